The molecule has 0 N–H and O–H groups in total. The molecule has 0 aromatic heterocycles. The van der Waals surface area contributed by atoms with Crippen molar-refractivity contribution in [3.8, 4) is 0 Å². The van der Waals surface area contributed by atoms with Crippen LogP contribution >= 0.6 is 0 Å². The van der Waals surface area contributed by atoms with Crippen LogP contribution in [-0.2, 0) is 28.6 Å². The highest BCUT2D eigenvalue weighted by Crippen LogP contribution is 2.16. The molecule has 0 rings (SSSR count). The molecule has 0 aliphatic carbocycles. The summed E-state index contributed by atoms with van der Waals surface area (Å²) >= 11 is 0. The van der Waals surface area contributed by atoms with E-state index in [1.54, 1.807) is 0 Å². The van der Waals surface area contributed by atoms with E-state index in [2.05, 4.69) is 81.5 Å². The molecule has 6 nitrogen and oxygen atoms in total. The van der Waals surface area contributed by atoms with Gasteiger partial charge in [-0.05, 0) is 109 Å². The molecule has 0 amide bonds. The molecule has 0 aromatic rings. The van der Waals surface area contributed by atoms with Gasteiger partial charge in [0.25, 0.3) is 0 Å². The Kier molecular flexibility index (Phi) is 58.2. The molecule has 72 heavy (non-hydrogen) atoms. The smallest absolute Gasteiger partial charge is 0.306 e. The minimum absolute atomic E-state index is 0.0825. The number of esters is 3. The van der Waals surface area contributed by atoms with Crippen molar-refractivity contribution in [3.63, 3.8) is 0 Å². The molecule has 0 heterocycles. The molecular formula is C66H118O6. The van der Waals surface area contributed by atoms with Gasteiger partial charge in [-0.2, -0.15) is 0 Å². The van der Waals surface area contributed by atoms with Crippen LogP contribution in [0.4, 0.5) is 0 Å². The first-order valence-corrected chi connectivity index (χ1v) is 31.3. The summed E-state index contributed by atoms with van der Waals surface area (Å²) in [6.45, 7) is 6.62. The van der Waals surface area contributed by atoms with Crippen LogP contribution in [-0.4, -0.2) is 37.2 Å². The number of ether oxygens (including phenoxy) is 3. The van der Waals surface area contributed by atoms with Gasteiger partial charge >= 0.3 is 17.9 Å². The summed E-state index contributed by atoms with van der Waals surface area (Å²) in [4.78, 5) is 38.2. The first-order valence-electron chi connectivity index (χ1n) is 31.3. The second-order valence-electron chi connectivity index (χ2n) is 21.0. The fraction of sp³-hybridized carbons (Fsp3) is 0.803. The SMILES string of the molecule is CCCCC/C=C\CCCCCCCC(=O)OCC(COC(=O)CCCCCCCC/C=C\C/C=C\C/C=C\CCCCCCC)OC(=O)CCCCCCCCCCC/C=C\CCCCCCCCCC. The van der Waals surface area contributed by atoms with Crippen molar-refractivity contribution in [1.82, 2.24) is 0 Å². The lowest BCUT2D eigenvalue weighted by Gasteiger charge is -2.18. The Labute approximate surface area is 447 Å². The van der Waals surface area contributed by atoms with Crippen LogP contribution in [0, 0.1) is 0 Å². The summed E-state index contributed by atoms with van der Waals surface area (Å²) in [6, 6.07) is 0. The summed E-state index contributed by atoms with van der Waals surface area (Å²) in [5.74, 6) is -0.892. The van der Waals surface area contributed by atoms with Gasteiger partial charge in [0, 0.05) is 19.3 Å². The first kappa shape index (κ1) is 69.1. The van der Waals surface area contributed by atoms with Gasteiger partial charge in [-0.1, -0.05) is 255 Å². The van der Waals surface area contributed by atoms with Crippen LogP contribution in [0.5, 0.6) is 0 Å². The van der Waals surface area contributed by atoms with Gasteiger partial charge < -0.3 is 14.2 Å². The van der Waals surface area contributed by atoms with Crippen molar-refractivity contribution in [3.05, 3.63) is 60.8 Å². The summed E-state index contributed by atoms with van der Waals surface area (Å²) in [5, 5.41) is 0. The molecule has 1 unspecified atom stereocenters. The van der Waals surface area contributed by atoms with Crippen LogP contribution in [0.2, 0.25) is 0 Å². The van der Waals surface area contributed by atoms with E-state index in [0.29, 0.717) is 19.3 Å². The van der Waals surface area contributed by atoms with Crippen molar-refractivity contribution in [2.45, 2.75) is 329 Å². The predicted octanol–water partition coefficient (Wildman–Crippen LogP) is 21.2. The standard InChI is InChI=1S/C66H118O6/c1-4-7-10-13-16-19-22-25-27-29-31-33-35-37-39-41-44-47-50-53-56-59-65(68)71-62-63(61-70-64(67)58-55-52-49-46-43-24-21-18-15-12-9-6-3)72-66(69)60-57-54-51-48-45-42-40-38-36-34-32-30-28-26-23-20-17-14-11-8-5-2/h18,21-22,25,29-32,35,37,63H,4-17,19-20,23-24,26-28,33-34,36,38-62H2,1-3H3/b21-18-,25-22-,31-29-,32-30-,37-35-. The molecule has 418 valence electrons. The Morgan fingerprint density at radius 2 is 0.500 bits per heavy atom. The van der Waals surface area contributed by atoms with E-state index in [4.69, 9.17) is 14.2 Å². The lowest BCUT2D eigenvalue weighted by molar-refractivity contribution is -0.167. The highest BCUT2D eigenvalue weighted by Gasteiger charge is 2.19. The van der Waals surface area contributed by atoms with Gasteiger partial charge in [-0.25, -0.2) is 0 Å². The molecule has 0 aliphatic heterocycles. The van der Waals surface area contributed by atoms with Gasteiger partial charge in [0.15, 0.2) is 6.10 Å². The lowest BCUT2D eigenvalue weighted by Crippen LogP contribution is -2.30. The van der Waals surface area contributed by atoms with Gasteiger partial charge in [0.2, 0.25) is 0 Å². The van der Waals surface area contributed by atoms with Gasteiger partial charge in [0.1, 0.15) is 13.2 Å². The molecule has 0 fully saturated rings. The number of hydrogen-bond acceptors (Lipinski definition) is 6. The molecule has 0 spiro atoms. The monoisotopic (exact) mass is 1010 g/mol. The normalized spacial score (nSPS) is 12.4. The quantitative estimate of drug-likeness (QED) is 0.0261. The van der Waals surface area contributed by atoms with Crippen molar-refractivity contribution in [1.29, 1.82) is 0 Å². The Hall–Kier alpha value is -2.89. The minimum Gasteiger partial charge on any atom is -0.462 e. The van der Waals surface area contributed by atoms with E-state index in [-0.39, 0.29) is 31.1 Å². The number of carbonyl (C=O) groups is 3. The average molecular weight is 1010 g/mol. The average Bonchev–Trinajstić information content (AvgIpc) is 3.38. The van der Waals surface area contributed by atoms with Crippen LogP contribution in [0.1, 0.15) is 323 Å². The second-order valence-corrected chi connectivity index (χ2v) is 21.0. The number of carbonyl (C=O) groups excluding carboxylic acids is 3. The van der Waals surface area contributed by atoms with Crippen LogP contribution < -0.4 is 0 Å². The topological polar surface area (TPSA) is 78.9 Å². The zero-order valence-corrected chi connectivity index (χ0v) is 47.9. The zero-order valence-electron chi connectivity index (χ0n) is 47.9. The van der Waals surface area contributed by atoms with E-state index < -0.39 is 6.10 Å². The number of unbranched alkanes of at least 4 members (excludes halogenated alkanes) is 36. The van der Waals surface area contributed by atoms with Crippen molar-refractivity contribution >= 4 is 17.9 Å². The molecule has 0 aromatic carbocycles. The fourth-order valence-corrected chi connectivity index (χ4v) is 8.97. The minimum atomic E-state index is -0.784. The Balaban J connectivity index is 4.34. The first-order chi connectivity index (χ1) is 35.5. The zero-order chi connectivity index (χ0) is 52.2. The summed E-state index contributed by atoms with van der Waals surface area (Å²) in [6.07, 6.45) is 76.5. The third-order valence-electron chi connectivity index (χ3n) is 13.7. The van der Waals surface area contributed by atoms with E-state index >= 15 is 0 Å². The van der Waals surface area contributed by atoms with E-state index in [9.17, 15) is 14.4 Å². The van der Waals surface area contributed by atoms with Crippen LogP contribution in [0.3, 0.4) is 0 Å². The van der Waals surface area contributed by atoms with E-state index in [1.807, 2.05) is 0 Å². The van der Waals surface area contributed by atoms with E-state index in [0.717, 1.165) is 83.5 Å². The molecular weight excluding hydrogens is 889 g/mol. The highest BCUT2D eigenvalue weighted by molar-refractivity contribution is 5.71. The molecule has 0 bridgehead atoms. The van der Waals surface area contributed by atoms with Gasteiger partial charge in [-0.3, -0.25) is 14.4 Å². The summed E-state index contributed by atoms with van der Waals surface area (Å²) in [7, 11) is 0. The van der Waals surface area contributed by atoms with Gasteiger partial charge in [0.05, 0.1) is 0 Å². The number of rotatable bonds is 57. The van der Waals surface area contributed by atoms with Crippen molar-refractivity contribution < 1.29 is 28.6 Å². The fourth-order valence-electron chi connectivity index (χ4n) is 8.97. The lowest BCUT2D eigenvalue weighted by atomic mass is 10.1. The van der Waals surface area contributed by atoms with E-state index in [1.165, 1.54) is 199 Å². The Bertz CT molecular complexity index is 1290. The maximum absolute atomic E-state index is 12.9. The maximum atomic E-state index is 12.9. The summed E-state index contributed by atoms with van der Waals surface area (Å²) < 4.78 is 16.9. The second kappa shape index (κ2) is 60.7. The number of allylic oxidation sites excluding steroid dienone is 10. The molecule has 6 heteroatoms. The van der Waals surface area contributed by atoms with Crippen molar-refractivity contribution in [2.75, 3.05) is 13.2 Å². The van der Waals surface area contributed by atoms with Gasteiger partial charge in [-0.15, -0.1) is 0 Å². The molecule has 0 radical (unpaired) electrons. The van der Waals surface area contributed by atoms with Crippen molar-refractivity contribution in [2.24, 2.45) is 0 Å². The molecule has 0 saturated heterocycles. The third kappa shape index (κ3) is 58.0. The molecule has 0 aliphatic rings. The van der Waals surface area contributed by atoms with Crippen LogP contribution in [0.25, 0.3) is 0 Å². The predicted molar refractivity (Wildman–Crippen MR) is 312 cm³/mol. The highest BCUT2D eigenvalue weighted by atomic mass is 16.6. The Morgan fingerprint density at radius 1 is 0.278 bits per heavy atom. The maximum Gasteiger partial charge on any atom is 0.306 e. The largest absolute Gasteiger partial charge is 0.462 e. The molecule has 0 saturated carbocycles. The number of hydrogen-bond donors (Lipinski definition) is 0. The third-order valence-corrected chi connectivity index (χ3v) is 13.7. The van der Waals surface area contributed by atoms with Crippen LogP contribution in [0.15, 0.2) is 60.8 Å². The summed E-state index contributed by atoms with van der Waals surface area (Å²) in [5.41, 5.74) is 0. The molecule has 1 atom stereocenters. The Morgan fingerprint density at radius 3 is 0.819 bits per heavy atom.